The van der Waals surface area contributed by atoms with E-state index in [0.29, 0.717) is 5.06 Å². The maximum Gasteiger partial charge on any atom is 0.171 e. The van der Waals surface area contributed by atoms with Gasteiger partial charge in [-0.25, -0.2) is 0 Å². The second kappa shape index (κ2) is 4.82. The lowest BCUT2D eigenvalue weighted by molar-refractivity contribution is 0.490. The Morgan fingerprint density at radius 3 is 2.36 bits per heavy atom. The Labute approximate surface area is 88.7 Å². The quantitative estimate of drug-likeness (QED) is 0.794. The van der Waals surface area contributed by atoms with Gasteiger partial charge in [0.1, 0.15) is 0 Å². The fourth-order valence-electron chi connectivity index (χ4n) is 1.29. The van der Waals surface area contributed by atoms with Crippen molar-refractivity contribution in [3.63, 3.8) is 0 Å². The Hall–Kier alpha value is -1.28. The summed E-state index contributed by atoms with van der Waals surface area (Å²) >= 11 is 1.38. The SMILES string of the molecule is C.Oc1cc(Cc2ccccc2)cs1. The number of hydrogen-bond acceptors (Lipinski definition) is 2. The summed E-state index contributed by atoms with van der Waals surface area (Å²) in [5.74, 6) is 0. The van der Waals surface area contributed by atoms with Crippen LogP contribution in [0.15, 0.2) is 41.8 Å². The molecule has 0 atom stereocenters. The summed E-state index contributed by atoms with van der Waals surface area (Å²) < 4.78 is 0. The molecule has 2 aromatic rings. The van der Waals surface area contributed by atoms with Crippen LogP contribution in [0.3, 0.4) is 0 Å². The fraction of sp³-hybridized carbons (Fsp3) is 0.167. The second-order valence-corrected chi connectivity index (χ2v) is 3.85. The Kier molecular flexibility index (Phi) is 3.72. The van der Waals surface area contributed by atoms with E-state index in [1.165, 1.54) is 22.5 Å². The maximum absolute atomic E-state index is 9.15. The number of rotatable bonds is 2. The highest BCUT2D eigenvalue weighted by Gasteiger charge is 1.98. The molecule has 0 aliphatic heterocycles. The van der Waals surface area contributed by atoms with Gasteiger partial charge in [0.2, 0.25) is 0 Å². The molecule has 0 saturated heterocycles. The van der Waals surface area contributed by atoms with E-state index in [9.17, 15) is 0 Å². The molecule has 0 spiro atoms. The average molecular weight is 206 g/mol. The van der Waals surface area contributed by atoms with Crippen LogP contribution in [0, 0.1) is 0 Å². The summed E-state index contributed by atoms with van der Waals surface area (Å²) in [6.45, 7) is 0. The van der Waals surface area contributed by atoms with Gasteiger partial charge in [0, 0.05) is 0 Å². The van der Waals surface area contributed by atoms with Crippen LogP contribution in [0.5, 0.6) is 5.06 Å². The zero-order valence-electron chi connectivity index (χ0n) is 7.10. The van der Waals surface area contributed by atoms with Crippen LogP contribution < -0.4 is 0 Å². The van der Waals surface area contributed by atoms with Crippen molar-refractivity contribution in [3.05, 3.63) is 52.9 Å². The number of aromatic hydroxyl groups is 1. The summed E-state index contributed by atoms with van der Waals surface area (Å²) in [6, 6.07) is 12.1. The van der Waals surface area contributed by atoms with Gasteiger partial charge in [0.15, 0.2) is 5.06 Å². The van der Waals surface area contributed by atoms with E-state index >= 15 is 0 Å². The highest BCUT2D eigenvalue weighted by atomic mass is 32.1. The topological polar surface area (TPSA) is 20.2 Å². The van der Waals surface area contributed by atoms with Crippen molar-refractivity contribution in [2.45, 2.75) is 13.8 Å². The summed E-state index contributed by atoms with van der Waals surface area (Å²) in [5, 5.41) is 11.5. The van der Waals surface area contributed by atoms with Crippen molar-refractivity contribution in [3.8, 4) is 5.06 Å². The van der Waals surface area contributed by atoms with E-state index in [0.717, 1.165) is 6.42 Å². The molecule has 0 saturated carbocycles. The van der Waals surface area contributed by atoms with Crippen LogP contribution in [-0.4, -0.2) is 5.11 Å². The Bertz CT molecular complexity index is 378. The Morgan fingerprint density at radius 1 is 1.07 bits per heavy atom. The average Bonchev–Trinajstić information content (AvgIpc) is 2.53. The minimum absolute atomic E-state index is 0. The summed E-state index contributed by atoms with van der Waals surface area (Å²) in [5.41, 5.74) is 2.45. The molecule has 1 N–H and O–H groups in total. The minimum Gasteiger partial charge on any atom is -0.499 e. The summed E-state index contributed by atoms with van der Waals surface area (Å²) in [4.78, 5) is 0. The van der Waals surface area contributed by atoms with E-state index in [1.54, 1.807) is 0 Å². The smallest absolute Gasteiger partial charge is 0.171 e. The number of hydrogen-bond donors (Lipinski definition) is 1. The van der Waals surface area contributed by atoms with Crippen LogP contribution in [0.25, 0.3) is 0 Å². The maximum atomic E-state index is 9.15. The van der Waals surface area contributed by atoms with Gasteiger partial charge in [0.25, 0.3) is 0 Å². The largest absolute Gasteiger partial charge is 0.499 e. The molecule has 1 aromatic heterocycles. The van der Waals surface area contributed by atoms with Crippen LogP contribution >= 0.6 is 11.3 Å². The lowest BCUT2D eigenvalue weighted by atomic mass is 10.1. The van der Waals surface area contributed by atoms with E-state index in [4.69, 9.17) is 5.11 Å². The third kappa shape index (κ3) is 2.60. The lowest BCUT2D eigenvalue weighted by Crippen LogP contribution is -1.83. The molecule has 0 amide bonds. The van der Waals surface area contributed by atoms with Gasteiger partial charge in [-0.15, -0.1) is 11.3 Å². The standard InChI is InChI=1S/C11H10OS.CH4/c12-11-7-10(8-13-11)6-9-4-2-1-3-5-9;/h1-5,7-8,12H,6H2;1H4. The van der Waals surface area contributed by atoms with Crippen LogP contribution in [0.4, 0.5) is 0 Å². The zero-order chi connectivity index (χ0) is 9.10. The summed E-state index contributed by atoms with van der Waals surface area (Å²) in [6.07, 6.45) is 0.901. The third-order valence-corrected chi connectivity index (χ3v) is 2.67. The zero-order valence-corrected chi connectivity index (χ0v) is 7.92. The van der Waals surface area contributed by atoms with Crippen molar-refractivity contribution in [2.24, 2.45) is 0 Å². The highest BCUT2D eigenvalue weighted by molar-refractivity contribution is 7.11. The molecule has 0 radical (unpaired) electrons. The van der Waals surface area contributed by atoms with E-state index in [-0.39, 0.29) is 7.43 Å². The summed E-state index contributed by atoms with van der Waals surface area (Å²) in [7, 11) is 0. The van der Waals surface area contributed by atoms with E-state index in [2.05, 4.69) is 12.1 Å². The first kappa shape index (κ1) is 10.8. The molecule has 74 valence electrons. The molecule has 2 rings (SSSR count). The predicted octanol–water partition coefficient (Wildman–Crippen LogP) is 3.68. The van der Waals surface area contributed by atoms with E-state index in [1.807, 2.05) is 29.6 Å². The highest BCUT2D eigenvalue weighted by Crippen LogP contribution is 2.22. The van der Waals surface area contributed by atoms with Gasteiger partial charge >= 0.3 is 0 Å². The number of benzene rings is 1. The van der Waals surface area contributed by atoms with E-state index < -0.39 is 0 Å². The van der Waals surface area contributed by atoms with Crippen molar-refractivity contribution in [1.29, 1.82) is 0 Å². The van der Waals surface area contributed by atoms with Crippen molar-refractivity contribution in [2.75, 3.05) is 0 Å². The van der Waals surface area contributed by atoms with Crippen molar-refractivity contribution < 1.29 is 5.11 Å². The lowest BCUT2D eigenvalue weighted by Gasteiger charge is -1.96. The van der Waals surface area contributed by atoms with Gasteiger partial charge in [0.05, 0.1) is 0 Å². The molecule has 1 heterocycles. The van der Waals surface area contributed by atoms with Gasteiger partial charge < -0.3 is 5.11 Å². The molecule has 0 fully saturated rings. The molecule has 0 aliphatic rings. The Balaban J connectivity index is 0.000000980. The number of thiophene rings is 1. The Morgan fingerprint density at radius 2 is 1.79 bits per heavy atom. The van der Waals surface area contributed by atoms with Crippen LogP contribution in [0.1, 0.15) is 18.6 Å². The molecule has 1 nitrogen and oxygen atoms in total. The van der Waals surface area contributed by atoms with Gasteiger partial charge in [-0.3, -0.25) is 0 Å². The molecule has 1 aromatic carbocycles. The first-order valence-electron chi connectivity index (χ1n) is 4.15. The minimum atomic E-state index is 0. The molecule has 14 heavy (non-hydrogen) atoms. The van der Waals surface area contributed by atoms with Gasteiger partial charge in [-0.05, 0) is 29.0 Å². The van der Waals surface area contributed by atoms with Gasteiger partial charge in [-0.2, -0.15) is 0 Å². The monoisotopic (exact) mass is 206 g/mol. The molecular weight excluding hydrogens is 192 g/mol. The van der Waals surface area contributed by atoms with Crippen LogP contribution in [-0.2, 0) is 6.42 Å². The molecule has 0 unspecified atom stereocenters. The fourth-order valence-corrected chi connectivity index (χ4v) is 1.93. The molecule has 2 heteroatoms. The predicted molar refractivity (Wildman–Crippen MR) is 62.0 cm³/mol. The second-order valence-electron chi connectivity index (χ2n) is 2.96. The first-order chi connectivity index (χ1) is 6.34. The molecular formula is C12H14OS. The van der Waals surface area contributed by atoms with Crippen molar-refractivity contribution in [1.82, 2.24) is 0 Å². The van der Waals surface area contributed by atoms with Gasteiger partial charge in [-0.1, -0.05) is 37.8 Å². The normalized spacial score (nSPS) is 9.43. The molecule has 0 aliphatic carbocycles. The first-order valence-corrected chi connectivity index (χ1v) is 5.03. The molecule has 0 bridgehead atoms. The van der Waals surface area contributed by atoms with Crippen molar-refractivity contribution >= 4 is 11.3 Å². The van der Waals surface area contributed by atoms with Crippen LogP contribution in [0.2, 0.25) is 0 Å². The third-order valence-electron chi connectivity index (χ3n) is 1.89.